The molecule has 0 spiro atoms. The highest BCUT2D eigenvalue weighted by atomic mass is 35.5. The van der Waals surface area contributed by atoms with Crippen molar-refractivity contribution in [3.8, 4) is 0 Å². The maximum absolute atomic E-state index is 12.6. The smallest absolute Gasteiger partial charge is 0.224 e. The third-order valence-corrected chi connectivity index (χ3v) is 6.21. The second kappa shape index (κ2) is 7.98. The van der Waals surface area contributed by atoms with Gasteiger partial charge in [0.2, 0.25) is 5.91 Å². The van der Waals surface area contributed by atoms with E-state index in [1.165, 1.54) is 12.3 Å². The molecule has 1 unspecified atom stereocenters. The number of likely N-dealkylation sites (tertiary alicyclic amines) is 1. The van der Waals surface area contributed by atoms with E-state index in [4.69, 9.17) is 11.6 Å². The van der Waals surface area contributed by atoms with E-state index in [1.54, 1.807) is 11.1 Å². The molecule has 1 fully saturated rings. The molecule has 7 nitrogen and oxygen atoms in total. The van der Waals surface area contributed by atoms with Crippen LogP contribution in [0.4, 0.5) is 0 Å². The van der Waals surface area contributed by atoms with Crippen molar-refractivity contribution < 1.29 is 13.2 Å². The maximum atomic E-state index is 12.6. The van der Waals surface area contributed by atoms with Crippen molar-refractivity contribution in [3.05, 3.63) is 40.9 Å². The summed E-state index contributed by atoms with van der Waals surface area (Å²) in [5.74, 6) is -0.0689. The predicted octanol–water partition coefficient (Wildman–Crippen LogP) is 2.44. The van der Waals surface area contributed by atoms with E-state index in [1.807, 2.05) is 17.7 Å². The number of sulfone groups is 1. The zero-order chi connectivity index (χ0) is 19.6. The molecule has 0 N–H and O–H groups in total. The first-order valence-electron chi connectivity index (χ1n) is 8.87. The van der Waals surface area contributed by atoms with Gasteiger partial charge in [0, 0.05) is 56.3 Å². The number of halogens is 1. The van der Waals surface area contributed by atoms with Gasteiger partial charge in [0.1, 0.15) is 0 Å². The molecule has 1 saturated heterocycles. The highest BCUT2D eigenvalue weighted by Gasteiger charge is 2.29. The molecule has 2 aromatic heterocycles. The molecule has 1 amide bonds. The molecule has 0 bridgehead atoms. The summed E-state index contributed by atoms with van der Waals surface area (Å²) in [5.41, 5.74) is 1.52. The summed E-state index contributed by atoms with van der Waals surface area (Å²) in [6.45, 7) is 3.63. The van der Waals surface area contributed by atoms with Crippen LogP contribution < -0.4 is 0 Å². The number of carbonyl (C=O) groups excluding carboxylic acids is 1. The number of aromatic nitrogens is 3. The SMILES string of the molecule is Cc1ccnn1CCC(=O)N1CCCC(c2ncc(Cl)cc2S(C)(=O)=O)C1. The van der Waals surface area contributed by atoms with E-state index < -0.39 is 9.84 Å². The summed E-state index contributed by atoms with van der Waals surface area (Å²) in [4.78, 5) is 18.9. The molecule has 0 aromatic carbocycles. The minimum atomic E-state index is -3.45. The third-order valence-electron chi connectivity index (χ3n) is 4.88. The Morgan fingerprint density at radius 1 is 1.41 bits per heavy atom. The second-order valence-corrected chi connectivity index (χ2v) is 9.35. The van der Waals surface area contributed by atoms with Crippen LogP contribution >= 0.6 is 11.6 Å². The maximum Gasteiger partial charge on any atom is 0.224 e. The lowest BCUT2D eigenvalue weighted by atomic mass is 9.94. The summed E-state index contributed by atoms with van der Waals surface area (Å²) in [5, 5.41) is 4.49. The van der Waals surface area contributed by atoms with Gasteiger partial charge < -0.3 is 4.90 Å². The number of rotatable bonds is 5. The van der Waals surface area contributed by atoms with Crippen LogP contribution in [-0.2, 0) is 21.2 Å². The fourth-order valence-electron chi connectivity index (χ4n) is 3.45. The van der Waals surface area contributed by atoms with E-state index in [2.05, 4.69) is 10.1 Å². The lowest BCUT2D eigenvalue weighted by Crippen LogP contribution is -2.40. The Balaban J connectivity index is 1.73. The van der Waals surface area contributed by atoms with Crippen LogP contribution in [-0.4, -0.2) is 53.3 Å². The van der Waals surface area contributed by atoms with Gasteiger partial charge in [-0.25, -0.2) is 8.42 Å². The van der Waals surface area contributed by atoms with Crippen LogP contribution in [0.2, 0.25) is 5.02 Å². The first kappa shape index (κ1) is 19.8. The van der Waals surface area contributed by atoms with Gasteiger partial charge in [0.15, 0.2) is 9.84 Å². The number of amides is 1. The van der Waals surface area contributed by atoms with Gasteiger partial charge in [-0.1, -0.05) is 11.6 Å². The van der Waals surface area contributed by atoms with Crippen LogP contribution in [0, 0.1) is 6.92 Å². The Bertz CT molecular complexity index is 942. The Morgan fingerprint density at radius 2 is 2.19 bits per heavy atom. The number of piperidine rings is 1. The Morgan fingerprint density at radius 3 is 2.85 bits per heavy atom. The number of nitrogens with zero attached hydrogens (tertiary/aromatic N) is 4. The summed E-state index contributed by atoms with van der Waals surface area (Å²) < 4.78 is 26.1. The van der Waals surface area contributed by atoms with E-state index in [-0.39, 0.29) is 21.7 Å². The summed E-state index contributed by atoms with van der Waals surface area (Å²) in [7, 11) is -3.45. The normalized spacial score (nSPS) is 17.9. The van der Waals surface area contributed by atoms with Gasteiger partial charge in [-0.05, 0) is 31.9 Å². The molecule has 1 aliphatic heterocycles. The molecule has 1 aliphatic rings. The predicted molar refractivity (Wildman–Crippen MR) is 102 cm³/mol. The zero-order valence-corrected chi connectivity index (χ0v) is 17.0. The molecule has 27 heavy (non-hydrogen) atoms. The van der Waals surface area contributed by atoms with E-state index in [0.29, 0.717) is 31.7 Å². The molecule has 1 atom stereocenters. The average molecular weight is 411 g/mol. The Labute approximate surface area is 164 Å². The highest BCUT2D eigenvalue weighted by Crippen LogP contribution is 2.31. The van der Waals surface area contributed by atoms with Crippen molar-refractivity contribution in [2.24, 2.45) is 0 Å². The minimum absolute atomic E-state index is 0.0458. The number of hydrogen-bond donors (Lipinski definition) is 0. The lowest BCUT2D eigenvalue weighted by Gasteiger charge is -2.33. The van der Waals surface area contributed by atoms with Gasteiger partial charge in [0.25, 0.3) is 0 Å². The van der Waals surface area contributed by atoms with Crippen molar-refractivity contribution in [2.45, 2.75) is 43.5 Å². The van der Waals surface area contributed by atoms with Crippen molar-refractivity contribution >= 4 is 27.3 Å². The monoisotopic (exact) mass is 410 g/mol. The molecule has 3 heterocycles. The van der Waals surface area contributed by atoms with E-state index >= 15 is 0 Å². The van der Waals surface area contributed by atoms with E-state index in [9.17, 15) is 13.2 Å². The van der Waals surface area contributed by atoms with Crippen molar-refractivity contribution in [1.29, 1.82) is 0 Å². The molecular formula is C18H23ClN4O3S. The van der Waals surface area contributed by atoms with Crippen LogP contribution in [0.25, 0.3) is 0 Å². The Hall–Kier alpha value is -1.93. The number of aryl methyl sites for hydroxylation is 2. The molecule has 0 aliphatic carbocycles. The number of carbonyl (C=O) groups is 1. The molecule has 3 rings (SSSR count). The first-order valence-corrected chi connectivity index (χ1v) is 11.1. The molecule has 2 aromatic rings. The van der Waals surface area contributed by atoms with Crippen LogP contribution in [0.3, 0.4) is 0 Å². The quantitative estimate of drug-likeness (QED) is 0.755. The fraction of sp³-hybridized carbons (Fsp3) is 0.500. The number of pyridine rings is 1. The van der Waals surface area contributed by atoms with Gasteiger partial charge in [0.05, 0.1) is 15.6 Å². The highest BCUT2D eigenvalue weighted by molar-refractivity contribution is 7.90. The second-order valence-electron chi connectivity index (χ2n) is 6.93. The topological polar surface area (TPSA) is 85.2 Å². The first-order chi connectivity index (χ1) is 12.8. The van der Waals surface area contributed by atoms with Gasteiger partial charge in [-0.3, -0.25) is 14.5 Å². The van der Waals surface area contributed by atoms with E-state index in [0.717, 1.165) is 24.8 Å². The Kier molecular flexibility index (Phi) is 5.86. The van der Waals surface area contributed by atoms with Crippen molar-refractivity contribution in [2.75, 3.05) is 19.3 Å². The standard InChI is InChI=1S/C18H23ClN4O3S/c1-13-5-7-21-23(13)9-6-17(24)22-8-3-4-14(12-22)18-16(27(2,25)26)10-15(19)11-20-18/h5,7,10-11,14H,3-4,6,8-9,12H2,1-2H3. The zero-order valence-electron chi connectivity index (χ0n) is 15.4. The average Bonchev–Trinajstić information content (AvgIpc) is 3.04. The van der Waals surface area contributed by atoms with Gasteiger partial charge in [-0.2, -0.15) is 5.10 Å². The molecule has 9 heteroatoms. The van der Waals surface area contributed by atoms with Crippen LogP contribution in [0.15, 0.2) is 29.4 Å². The summed E-state index contributed by atoms with van der Waals surface area (Å²) in [6.07, 6.45) is 6.30. The van der Waals surface area contributed by atoms with Crippen molar-refractivity contribution in [3.63, 3.8) is 0 Å². The summed E-state index contributed by atoms with van der Waals surface area (Å²) in [6, 6.07) is 3.35. The molecule has 146 valence electrons. The fourth-order valence-corrected chi connectivity index (χ4v) is 4.62. The van der Waals surface area contributed by atoms with Crippen LogP contribution in [0.1, 0.15) is 36.6 Å². The van der Waals surface area contributed by atoms with Gasteiger partial charge >= 0.3 is 0 Å². The molecule has 0 radical (unpaired) electrons. The third kappa shape index (κ3) is 4.68. The summed E-state index contributed by atoms with van der Waals surface area (Å²) >= 11 is 5.94. The van der Waals surface area contributed by atoms with Gasteiger partial charge in [-0.15, -0.1) is 0 Å². The molecular weight excluding hydrogens is 388 g/mol. The van der Waals surface area contributed by atoms with Crippen molar-refractivity contribution in [1.82, 2.24) is 19.7 Å². The van der Waals surface area contributed by atoms with Crippen LogP contribution in [0.5, 0.6) is 0 Å². The largest absolute Gasteiger partial charge is 0.342 e. The number of hydrogen-bond acceptors (Lipinski definition) is 5. The lowest BCUT2D eigenvalue weighted by molar-refractivity contribution is -0.132. The minimum Gasteiger partial charge on any atom is -0.342 e. The molecule has 0 saturated carbocycles.